The summed E-state index contributed by atoms with van der Waals surface area (Å²) in [5.41, 5.74) is 6.82. The van der Waals surface area contributed by atoms with Crippen LogP contribution >= 0.6 is 11.6 Å². The lowest BCUT2D eigenvalue weighted by atomic mass is 10.0. The fourth-order valence-corrected chi connectivity index (χ4v) is 2.39. The minimum atomic E-state index is -0.333. The van der Waals surface area contributed by atoms with E-state index in [2.05, 4.69) is 5.32 Å². The molecule has 0 saturated carbocycles. The van der Waals surface area contributed by atoms with Crippen LogP contribution in [-0.4, -0.2) is 30.9 Å². The molecule has 3 atom stereocenters. The Kier molecular flexibility index (Phi) is 6.58. The Bertz CT molecular complexity index is 399. The molecule has 0 aliphatic carbocycles. The van der Waals surface area contributed by atoms with Crippen LogP contribution in [-0.2, 0) is 0 Å². The number of rotatable bonds is 7. The number of nitrogens with one attached hydrogen (secondary N) is 1. The van der Waals surface area contributed by atoms with Gasteiger partial charge in [0.2, 0.25) is 0 Å². The molecule has 5 heteroatoms. The summed E-state index contributed by atoms with van der Waals surface area (Å²) in [7, 11) is 1.59. The number of aliphatic hydroxyl groups excluding tert-OH is 1. The molecular formula is C14H23ClN2O2. The second-order valence-corrected chi connectivity index (χ2v) is 5.24. The van der Waals surface area contributed by atoms with Gasteiger partial charge in [-0.1, -0.05) is 17.7 Å². The van der Waals surface area contributed by atoms with Crippen LogP contribution in [0.5, 0.6) is 5.75 Å². The summed E-state index contributed by atoms with van der Waals surface area (Å²) in [4.78, 5) is 0. The molecule has 0 aliphatic heterocycles. The van der Waals surface area contributed by atoms with Crippen molar-refractivity contribution in [2.75, 3.05) is 13.7 Å². The van der Waals surface area contributed by atoms with Crippen LogP contribution in [0.25, 0.3) is 0 Å². The Hall–Kier alpha value is -0.810. The maximum Gasteiger partial charge on any atom is 0.137 e. The minimum absolute atomic E-state index is 0.0113. The zero-order chi connectivity index (χ0) is 14.4. The van der Waals surface area contributed by atoms with Crippen LogP contribution in [0, 0.1) is 0 Å². The van der Waals surface area contributed by atoms with Gasteiger partial charge in [-0.05, 0) is 38.0 Å². The van der Waals surface area contributed by atoms with Gasteiger partial charge in [0.05, 0.1) is 18.2 Å². The number of halogens is 1. The van der Waals surface area contributed by atoms with Gasteiger partial charge in [0.1, 0.15) is 5.75 Å². The first-order valence-corrected chi connectivity index (χ1v) is 6.83. The molecule has 0 spiro atoms. The summed E-state index contributed by atoms with van der Waals surface area (Å²) >= 11 is 6.12. The first-order chi connectivity index (χ1) is 8.97. The van der Waals surface area contributed by atoms with Gasteiger partial charge in [0, 0.05) is 18.6 Å². The van der Waals surface area contributed by atoms with Gasteiger partial charge in [-0.15, -0.1) is 0 Å². The molecule has 0 fully saturated rings. The van der Waals surface area contributed by atoms with Crippen LogP contribution < -0.4 is 15.8 Å². The SMILES string of the molecule is COc1ccc(C(CN)NC(C)CC(C)O)cc1Cl. The smallest absolute Gasteiger partial charge is 0.137 e. The number of hydrogen-bond acceptors (Lipinski definition) is 4. The summed E-state index contributed by atoms with van der Waals surface area (Å²) in [5, 5.41) is 13.3. The molecule has 1 aromatic carbocycles. The predicted octanol–water partition coefficient (Wildman–Crippen LogP) is 2.10. The molecule has 19 heavy (non-hydrogen) atoms. The summed E-state index contributed by atoms with van der Waals surface area (Å²) < 4.78 is 5.13. The van der Waals surface area contributed by atoms with Crippen molar-refractivity contribution in [2.45, 2.75) is 38.5 Å². The minimum Gasteiger partial charge on any atom is -0.495 e. The van der Waals surface area contributed by atoms with E-state index in [1.165, 1.54) is 0 Å². The largest absolute Gasteiger partial charge is 0.495 e. The first-order valence-electron chi connectivity index (χ1n) is 6.45. The van der Waals surface area contributed by atoms with E-state index >= 15 is 0 Å². The lowest BCUT2D eigenvalue weighted by molar-refractivity contribution is 0.168. The van der Waals surface area contributed by atoms with Crippen molar-refractivity contribution in [3.8, 4) is 5.75 Å². The lowest BCUT2D eigenvalue weighted by Crippen LogP contribution is -2.36. The molecule has 3 unspecified atom stereocenters. The Labute approximate surface area is 119 Å². The van der Waals surface area contributed by atoms with Crippen molar-refractivity contribution in [2.24, 2.45) is 5.73 Å². The molecular weight excluding hydrogens is 264 g/mol. The third-order valence-electron chi connectivity index (χ3n) is 2.99. The highest BCUT2D eigenvalue weighted by Gasteiger charge is 2.15. The van der Waals surface area contributed by atoms with Crippen LogP contribution in [0.2, 0.25) is 5.02 Å². The van der Waals surface area contributed by atoms with E-state index in [1.54, 1.807) is 14.0 Å². The maximum atomic E-state index is 9.38. The second kappa shape index (κ2) is 7.70. The first kappa shape index (κ1) is 16.2. The zero-order valence-corrected chi connectivity index (χ0v) is 12.4. The molecule has 0 bridgehead atoms. The van der Waals surface area contributed by atoms with E-state index in [9.17, 15) is 5.11 Å². The van der Waals surface area contributed by atoms with Gasteiger partial charge in [-0.2, -0.15) is 0 Å². The molecule has 1 aromatic rings. The van der Waals surface area contributed by atoms with E-state index in [-0.39, 0.29) is 18.2 Å². The third kappa shape index (κ3) is 4.99. The number of ether oxygens (including phenoxy) is 1. The molecule has 0 aliphatic rings. The van der Waals surface area contributed by atoms with Crippen LogP contribution in [0.3, 0.4) is 0 Å². The molecule has 1 rings (SSSR count). The van der Waals surface area contributed by atoms with Gasteiger partial charge in [-0.3, -0.25) is 0 Å². The summed E-state index contributed by atoms with van der Waals surface area (Å²) in [6.07, 6.45) is 0.348. The third-order valence-corrected chi connectivity index (χ3v) is 3.29. The topological polar surface area (TPSA) is 67.5 Å². The summed E-state index contributed by atoms with van der Waals surface area (Å²) in [5.74, 6) is 0.651. The van der Waals surface area contributed by atoms with E-state index in [4.69, 9.17) is 22.1 Å². The monoisotopic (exact) mass is 286 g/mol. The molecule has 0 saturated heterocycles. The van der Waals surface area contributed by atoms with Gasteiger partial charge in [-0.25, -0.2) is 0 Å². The Morgan fingerprint density at radius 3 is 2.58 bits per heavy atom. The fraction of sp³-hybridized carbons (Fsp3) is 0.571. The highest BCUT2D eigenvalue weighted by Crippen LogP contribution is 2.27. The average Bonchev–Trinajstić information content (AvgIpc) is 2.35. The van der Waals surface area contributed by atoms with Crippen LogP contribution in [0.4, 0.5) is 0 Å². The number of nitrogens with two attached hydrogens (primary N) is 1. The van der Waals surface area contributed by atoms with Gasteiger partial charge in [0.15, 0.2) is 0 Å². The molecule has 0 radical (unpaired) electrons. The van der Waals surface area contributed by atoms with Gasteiger partial charge in [0.25, 0.3) is 0 Å². The number of benzene rings is 1. The lowest BCUT2D eigenvalue weighted by Gasteiger charge is -2.24. The summed E-state index contributed by atoms with van der Waals surface area (Å²) in [6, 6.07) is 5.83. The quantitative estimate of drug-likeness (QED) is 0.718. The summed E-state index contributed by atoms with van der Waals surface area (Å²) in [6.45, 7) is 4.27. The van der Waals surface area contributed by atoms with Gasteiger partial charge < -0.3 is 20.9 Å². The van der Waals surface area contributed by atoms with Crippen molar-refractivity contribution in [3.05, 3.63) is 28.8 Å². The fourth-order valence-electron chi connectivity index (χ4n) is 2.12. The Balaban J connectivity index is 2.76. The second-order valence-electron chi connectivity index (χ2n) is 4.83. The molecule has 4 nitrogen and oxygen atoms in total. The zero-order valence-electron chi connectivity index (χ0n) is 11.7. The maximum absolute atomic E-state index is 9.38. The van der Waals surface area contributed by atoms with E-state index < -0.39 is 0 Å². The van der Waals surface area contributed by atoms with Crippen molar-refractivity contribution in [3.63, 3.8) is 0 Å². The molecule has 4 N–H and O–H groups in total. The van der Waals surface area contributed by atoms with E-state index in [0.717, 1.165) is 5.56 Å². The predicted molar refractivity (Wildman–Crippen MR) is 78.7 cm³/mol. The molecule has 0 heterocycles. The molecule has 0 aromatic heterocycles. The highest BCUT2D eigenvalue weighted by molar-refractivity contribution is 6.32. The highest BCUT2D eigenvalue weighted by atomic mass is 35.5. The van der Waals surface area contributed by atoms with Crippen molar-refractivity contribution in [1.29, 1.82) is 0 Å². The molecule has 0 amide bonds. The number of aliphatic hydroxyl groups is 1. The van der Waals surface area contributed by atoms with E-state index in [0.29, 0.717) is 23.7 Å². The standard InChI is InChI=1S/C14H23ClN2O2/c1-9(6-10(2)18)17-13(8-16)11-4-5-14(19-3)12(15)7-11/h4-5,7,9-10,13,17-18H,6,8,16H2,1-3H3. The molecule has 108 valence electrons. The van der Waals surface area contributed by atoms with Crippen LogP contribution in [0.1, 0.15) is 31.9 Å². The normalized spacial score (nSPS) is 15.9. The Morgan fingerprint density at radius 1 is 1.42 bits per heavy atom. The van der Waals surface area contributed by atoms with E-state index in [1.807, 2.05) is 25.1 Å². The number of methoxy groups -OCH3 is 1. The van der Waals surface area contributed by atoms with Crippen molar-refractivity contribution < 1.29 is 9.84 Å². The Morgan fingerprint density at radius 2 is 2.11 bits per heavy atom. The van der Waals surface area contributed by atoms with Crippen molar-refractivity contribution >= 4 is 11.6 Å². The number of hydrogen-bond donors (Lipinski definition) is 3. The van der Waals surface area contributed by atoms with Crippen LogP contribution in [0.15, 0.2) is 18.2 Å². The van der Waals surface area contributed by atoms with Gasteiger partial charge >= 0.3 is 0 Å². The van der Waals surface area contributed by atoms with Crippen molar-refractivity contribution in [1.82, 2.24) is 5.32 Å². The average molecular weight is 287 g/mol.